The van der Waals surface area contributed by atoms with Gasteiger partial charge >= 0.3 is 5.97 Å². The predicted octanol–water partition coefficient (Wildman–Crippen LogP) is 2.92. The average Bonchev–Trinajstić information content (AvgIpc) is 2.20. The maximum absolute atomic E-state index is 11.0. The van der Waals surface area contributed by atoms with Crippen LogP contribution in [0.25, 0.3) is 0 Å². The zero-order valence-corrected chi connectivity index (χ0v) is 8.87. The van der Waals surface area contributed by atoms with Crippen LogP contribution >= 0.6 is 11.6 Å². The third-order valence-electron chi connectivity index (χ3n) is 2.16. The van der Waals surface area contributed by atoms with Crippen LogP contribution in [0.4, 0.5) is 0 Å². The second-order valence-electron chi connectivity index (χ2n) is 3.16. The molecular formula is C12H11ClO2. The van der Waals surface area contributed by atoms with Gasteiger partial charge in [0.2, 0.25) is 0 Å². The Morgan fingerprint density at radius 3 is 2.73 bits per heavy atom. The van der Waals surface area contributed by atoms with Gasteiger partial charge in [0, 0.05) is 11.4 Å². The minimum absolute atomic E-state index is 0.412. The number of benzene rings is 1. The lowest BCUT2D eigenvalue weighted by Crippen LogP contribution is -2.11. The number of rotatable bonds is 4. The van der Waals surface area contributed by atoms with E-state index in [0.717, 1.165) is 0 Å². The highest BCUT2D eigenvalue weighted by Crippen LogP contribution is 2.27. The predicted molar refractivity (Wildman–Crippen MR) is 59.9 cm³/mol. The topological polar surface area (TPSA) is 37.3 Å². The Balaban J connectivity index is 2.95. The van der Waals surface area contributed by atoms with Crippen molar-refractivity contribution in [2.24, 2.45) is 0 Å². The number of halogens is 1. The van der Waals surface area contributed by atoms with Crippen LogP contribution < -0.4 is 0 Å². The fourth-order valence-electron chi connectivity index (χ4n) is 1.40. The quantitative estimate of drug-likeness (QED) is 0.796. The molecule has 0 saturated carbocycles. The molecule has 0 amide bonds. The minimum Gasteiger partial charge on any atom is -0.481 e. The molecule has 0 aliphatic carbocycles. The molecule has 0 saturated heterocycles. The first-order chi connectivity index (χ1) is 7.16. The van der Waals surface area contributed by atoms with Gasteiger partial charge in [-0.15, -0.1) is 12.3 Å². The van der Waals surface area contributed by atoms with Crippen LogP contribution in [0.3, 0.4) is 0 Å². The molecule has 3 heteroatoms. The van der Waals surface area contributed by atoms with Crippen LogP contribution in [0.15, 0.2) is 24.3 Å². The third kappa shape index (κ3) is 3.00. The van der Waals surface area contributed by atoms with Crippen LogP contribution in [-0.4, -0.2) is 11.1 Å². The Bertz CT molecular complexity index is 393. The molecule has 1 aromatic rings. The highest BCUT2D eigenvalue weighted by molar-refractivity contribution is 6.31. The van der Waals surface area contributed by atoms with Gasteiger partial charge < -0.3 is 5.11 Å². The molecule has 0 aromatic heterocycles. The molecule has 0 spiro atoms. The Morgan fingerprint density at radius 1 is 1.53 bits per heavy atom. The van der Waals surface area contributed by atoms with Crippen molar-refractivity contribution in [1.82, 2.24) is 0 Å². The van der Waals surface area contributed by atoms with Gasteiger partial charge in [-0.25, -0.2) is 0 Å². The molecule has 0 radical (unpaired) electrons. The normalized spacial score (nSPS) is 11.7. The Labute approximate surface area is 93.9 Å². The standard InChI is InChI=1S/C12H11ClO2/c1-2-3-6-10(12(14)15)9-7-4-5-8-11(9)13/h1,4-5,7-8,10H,3,6H2,(H,14,15). The van der Waals surface area contributed by atoms with E-state index in [4.69, 9.17) is 23.1 Å². The van der Waals surface area contributed by atoms with Crippen molar-refractivity contribution in [2.45, 2.75) is 18.8 Å². The van der Waals surface area contributed by atoms with Crippen LogP contribution in [-0.2, 0) is 4.79 Å². The van der Waals surface area contributed by atoms with Crippen LogP contribution in [0, 0.1) is 12.3 Å². The van der Waals surface area contributed by atoms with E-state index in [0.29, 0.717) is 23.4 Å². The number of terminal acetylenes is 1. The third-order valence-corrected chi connectivity index (χ3v) is 2.50. The van der Waals surface area contributed by atoms with Crippen molar-refractivity contribution in [3.8, 4) is 12.3 Å². The maximum atomic E-state index is 11.0. The molecule has 2 nitrogen and oxygen atoms in total. The van der Waals surface area contributed by atoms with Gasteiger partial charge in [-0.1, -0.05) is 29.8 Å². The SMILES string of the molecule is C#CCCC(C(=O)O)c1ccccc1Cl. The minimum atomic E-state index is -0.890. The molecule has 15 heavy (non-hydrogen) atoms. The van der Waals surface area contributed by atoms with E-state index in [1.54, 1.807) is 24.3 Å². The molecule has 1 aromatic carbocycles. The smallest absolute Gasteiger partial charge is 0.311 e. The molecule has 1 unspecified atom stereocenters. The number of carboxylic acids is 1. The van der Waals surface area contributed by atoms with Crippen LogP contribution in [0.2, 0.25) is 5.02 Å². The van der Waals surface area contributed by atoms with Gasteiger partial charge in [0.15, 0.2) is 0 Å². The lowest BCUT2D eigenvalue weighted by Gasteiger charge is -2.12. The highest BCUT2D eigenvalue weighted by Gasteiger charge is 2.20. The van der Waals surface area contributed by atoms with Gasteiger partial charge in [0.05, 0.1) is 5.92 Å². The summed E-state index contributed by atoms with van der Waals surface area (Å²) >= 11 is 5.93. The van der Waals surface area contributed by atoms with E-state index in [1.807, 2.05) is 0 Å². The second kappa shape index (κ2) is 5.43. The van der Waals surface area contributed by atoms with E-state index in [2.05, 4.69) is 5.92 Å². The summed E-state index contributed by atoms with van der Waals surface area (Å²) in [4.78, 5) is 11.0. The zero-order chi connectivity index (χ0) is 11.3. The van der Waals surface area contributed by atoms with Crippen molar-refractivity contribution >= 4 is 17.6 Å². The largest absolute Gasteiger partial charge is 0.481 e. The van der Waals surface area contributed by atoms with Gasteiger partial charge in [-0.2, -0.15) is 0 Å². The summed E-state index contributed by atoms with van der Waals surface area (Å²) in [5, 5.41) is 9.52. The van der Waals surface area contributed by atoms with E-state index < -0.39 is 11.9 Å². The summed E-state index contributed by atoms with van der Waals surface area (Å²) in [6.07, 6.45) is 5.96. The van der Waals surface area contributed by atoms with Crippen molar-refractivity contribution in [3.63, 3.8) is 0 Å². The van der Waals surface area contributed by atoms with Gasteiger partial charge in [0.1, 0.15) is 0 Å². The van der Waals surface area contributed by atoms with E-state index >= 15 is 0 Å². The van der Waals surface area contributed by atoms with E-state index in [1.165, 1.54) is 0 Å². The summed E-state index contributed by atoms with van der Waals surface area (Å²) in [7, 11) is 0. The highest BCUT2D eigenvalue weighted by atomic mass is 35.5. The maximum Gasteiger partial charge on any atom is 0.311 e. The molecule has 1 atom stereocenters. The zero-order valence-electron chi connectivity index (χ0n) is 8.11. The molecule has 0 aliphatic rings. The molecule has 78 valence electrons. The summed E-state index contributed by atoms with van der Waals surface area (Å²) in [6, 6.07) is 6.94. The van der Waals surface area contributed by atoms with Crippen LogP contribution in [0.5, 0.6) is 0 Å². The summed E-state index contributed by atoms with van der Waals surface area (Å²) in [6.45, 7) is 0. The Hall–Kier alpha value is -1.46. The molecule has 1 rings (SSSR count). The Kier molecular flexibility index (Phi) is 4.20. The lowest BCUT2D eigenvalue weighted by molar-refractivity contribution is -0.138. The fourth-order valence-corrected chi connectivity index (χ4v) is 1.66. The molecular weight excluding hydrogens is 212 g/mol. The van der Waals surface area contributed by atoms with Crippen molar-refractivity contribution in [3.05, 3.63) is 34.9 Å². The van der Waals surface area contributed by atoms with Gasteiger partial charge in [-0.3, -0.25) is 4.79 Å². The van der Waals surface area contributed by atoms with Crippen molar-refractivity contribution in [2.75, 3.05) is 0 Å². The number of hydrogen-bond donors (Lipinski definition) is 1. The summed E-state index contributed by atoms with van der Waals surface area (Å²) < 4.78 is 0. The van der Waals surface area contributed by atoms with Crippen molar-refractivity contribution in [1.29, 1.82) is 0 Å². The molecule has 0 fully saturated rings. The lowest BCUT2D eigenvalue weighted by atomic mass is 9.94. The number of hydrogen-bond acceptors (Lipinski definition) is 1. The first-order valence-corrected chi connectivity index (χ1v) is 4.95. The fraction of sp³-hybridized carbons (Fsp3) is 0.250. The monoisotopic (exact) mass is 222 g/mol. The molecule has 0 heterocycles. The van der Waals surface area contributed by atoms with Gasteiger partial charge in [-0.05, 0) is 18.1 Å². The van der Waals surface area contributed by atoms with E-state index in [-0.39, 0.29) is 0 Å². The molecule has 1 N–H and O–H groups in total. The van der Waals surface area contributed by atoms with Crippen LogP contribution in [0.1, 0.15) is 24.3 Å². The molecule has 0 aliphatic heterocycles. The summed E-state index contributed by atoms with van der Waals surface area (Å²) in [5.74, 6) is 0.929. The number of carbonyl (C=O) groups is 1. The average molecular weight is 223 g/mol. The van der Waals surface area contributed by atoms with Gasteiger partial charge in [0.25, 0.3) is 0 Å². The first-order valence-electron chi connectivity index (χ1n) is 4.57. The first kappa shape index (κ1) is 11.6. The number of aliphatic carboxylic acids is 1. The van der Waals surface area contributed by atoms with Crippen molar-refractivity contribution < 1.29 is 9.90 Å². The number of carboxylic acid groups (broad SMARTS) is 1. The second-order valence-corrected chi connectivity index (χ2v) is 3.56. The summed E-state index contributed by atoms with van der Waals surface area (Å²) in [5.41, 5.74) is 0.627. The van der Waals surface area contributed by atoms with E-state index in [9.17, 15) is 4.79 Å². The Morgan fingerprint density at radius 2 is 2.20 bits per heavy atom. The molecule has 0 bridgehead atoms.